The van der Waals surface area contributed by atoms with Crippen LogP contribution in [0.25, 0.3) is 10.9 Å². The Hall–Kier alpha value is -4.31. The van der Waals surface area contributed by atoms with Crippen LogP contribution in [-0.2, 0) is 4.79 Å². The van der Waals surface area contributed by atoms with Crippen LogP contribution in [0.1, 0.15) is 22.3 Å². The zero-order valence-corrected chi connectivity index (χ0v) is 21.8. The molecule has 10 heteroatoms. The highest BCUT2D eigenvalue weighted by atomic mass is 32.2. The van der Waals surface area contributed by atoms with Gasteiger partial charge in [0.1, 0.15) is 5.82 Å². The third kappa shape index (κ3) is 7.13. The van der Waals surface area contributed by atoms with E-state index in [1.807, 2.05) is 30.3 Å². The number of nitrogens with one attached hydrogen (secondary N) is 2. The predicted molar refractivity (Wildman–Crippen MR) is 149 cm³/mol. The van der Waals surface area contributed by atoms with Crippen molar-refractivity contribution in [1.82, 2.24) is 20.3 Å². The monoisotopic (exact) mass is 530 g/mol. The van der Waals surface area contributed by atoms with Gasteiger partial charge in [-0.15, -0.1) is 11.8 Å². The number of fused-ring (bicyclic) bond motifs is 1. The van der Waals surface area contributed by atoms with Crippen molar-refractivity contribution < 1.29 is 14.0 Å². The number of rotatable bonds is 10. The maximum Gasteiger partial charge on any atom is 0.275 e. The molecule has 2 amide bonds. The molecule has 2 aromatic carbocycles. The fourth-order valence-electron chi connectivity index (χ4n) is 3.63. The van der Waals surface area contributed by atoms with Crippen LogP contribution in [0.15, 0.2) is 89.3 Å². The molecule has 0 spiro atoms. The van der Waals surface area contributed by atoms with Crippen molar-refractivity contribution in [3.8, 4) is 0 Å². The molecular formula is C28H27FN6O2S. The number of halogens is 1. The SMILES string of the molecule is CN(C)C(=O)C[C@H](CSc1ccccc1)Nc1c(C(=O)N/N=C/c2cccnc2)cnc2ccc(F)cc12. The molecule has 194 valence electrons. The highest BCUT2D eigenvalue weighted by Crippen LogP contribution is 2.29. The Morgan fingerprint density at radius 3 is 2.66 bits per heavy atom. The average molecular weight is 531 g/mol. The predicted octanol–water partition coefficient (Wildman–Crippen LogP) is 4.58. The lowest BCUT2D eigenvalue weighted by atomic mass is 10.1. The van der Waals surface area contributed by atoms with Crippen LogP contribution in [0.2, 0.25) is 0 Å². The first kappa shape index (κ1) is 26.7. The molecule has 0 saturated heterocycles. The summed E-state index contributed by atoms with van der Waals surface area (Å²) in [5, 5.41) is 7.82. The number of anilines is 1. The van der Waals surface area contributed by atoms with Gasteiger partial charge in [-0.25, -0.2) is 9.82 Å². The van der Waals surface area contributed by atoms with Gasteiger partial charge in [0.15, 0.2) is 0 Å². The number of pyridine rings is 2. The minimum Gasteiger partial charge on any atom is -0.380 e. The van der Waals surface area contributed by atoms with Crippen LogP contribution in [0.4, 0.5) is 10.1 Å². The van der Waals surface area contributed by atoms with E-state index in [0.717, 1.165) is 4.90 Å². The van der Waals surface area contributed by atoms with Gasteiger partial charge in [-0.3, -0.25) is 19.6 Å². The van der Waals surface area contributed by atoms with E-state index in [9.17, 15) is 14.0 Å². The Morgan fingerprint density at radius 2 is 1.92 bits per heavy atom. The second-order valence-electron chi connectivity index (χ2n) is 8.65. The van der Waals surface area contributed by atoms with E-state index in [-0.39, 0.29) is 23.9 Å². The van der Waals surface area contributed by atoms with Crippen LogP contribution in [0, 0.1) is 5.82 Å². The van der Waals surface area contributed by atoms with E-state index >= 15 is 0 Å². The quantitative estimate of drug-likeness (QED) is 0.177. The van der Waals surface area contributed by atoms with Crippen LogP contribution in [-0.4, -0.2) is 58.8 Å². The fraction of sp³-hybridized carbons (Fsp3) is 0.179. The summed E-state index contributed by atoms with van der Waals surface area (Å²) in [6, 6.07) is 17.2. The Balaban J connectivity index is 1.65. The molecular weight excluding hydrogens is 503 g/mol. The Morgan fingerprint density at radius 1 is 1.11 bits per heavy atom. The first-order valence-corrected chi connectivity index (χ1v) is 12.9. The molecule has 0 unspecified atom stereocenters. The number of carbonyl (C=O) groups excluding carboxylic acids is 2. The van der Waals surface area contributed by atoms with Crippen LogP contribution >= 0.6 is 11.8 Å². The maximum atomic E-state index is 14.3. The lowest BCUT2D eigenvalue weighted by Crippen LogP contribution is -2.33. The van der Waals surface area contributed by atoms with E-state index in [1.54, 1.807) is 56.5 Å². The molecule has 0 aliphatic rings. The first-order valence-electron chi connectivity index (χ1n) is 11.9. The molecule has 0 aliphatic heterocycles. The lowest BCUT2D eigenvalue weighted by Gasteiger charge is -2.23. The summed E-state index contributed by atoms with van der Waals surface area (Å²) in [7, 11) is 3.39. The van der Waals surface area contributed by atoms with E-state index in [1.165, 1.54) is 29.4 Å². The minimum atomic E-state index is -0.528. The van der Waals surface area contributed by atoms with E-state index in [2.05, 4.69) is 25.8 Å². The van der Waals surface area contributed by atoms with Crippen LogP contribution in [0.5, 0.6) is 0 Å². The number of amides is 2. The van der Waals surface area contributed by atoms with E-state index in [0.29, 0.717) is 27.9 Å². The Kier molecular flexibility index (Phi) is 8.99. The first-order chi connectivity index (χ1) is 18.4. The van der Waals surface area contributed by atoms with Gasteiger partial charge >= 0.3 is 0 Å². The zero-order valence-electron chi connectivity index (χ0n) is 21.0. The summed E-state index contributed by atoms with van der Waals surface area (Å²) in [5.41, 5.74) is 4.29. The largest absolute Gasteiger partial charge is 0.380 e. The van der Waals surface area contributed by atoms with Gasteiger partial charge < -0.3 is 10.2 Å². The number of thioether (sulfide) groups is 1. The minimum absolute atomic E-state index is 0.0761. The van der Waals surface area contributed by atoms with Gasteiger partial charge in [0.2, 0.25) is 5.91 Å². The second-order valence-corrected chi connectivity index (χ2v) is 9.74. The molecule has 0 saturated carbocycles. The van der Waals surface area contributed by atoms with Crippen molar-refractivity contribution in [2.45, 2.75) is 17.4 Å². The summed E-state index contributed by atoms with van der Waals surface area (Å²) in [4.78, 5) is 36.8. The molecule has 2 N–H and O–H groups in total. The van der Waals surface area contributed by atoms with Crippen LogP contribution in [0.3, 0.4) is 0 Å². The third-order valence-electron chi connectivity index (χ3n) is 5.60. The molecule has 2 aromatic heterocycles. The van der Waals surface area contributed by atoms with Gasteiger partial charge in [-0.1, -0.05) is 24.3 Å². The normalized spacial score (nSPS) is 11.9. The summed E-state index contributed by atoms with van der Waals surface area (Å²) in [5.74, 6) is -0.537. The number of nitrogens with zero attached hydrogens (tertiary/aromatic N) is 4. The van der Waals surface area contributed by atoms with Gasteiger partial charge in [-0.05, 0) is 36.4 Å². The molecule has 0 radical (unpaired) electrons. The van der Waals surface area contributed by atoms with Crippen molar-refractivity contribution in [2.75, 3.05) is 25.2 Å². The Bertz CT molecular complexity index is 1430. The van der Waals surface area contributed by atoms with Gasteiger partial charge in [-0.2, -0.15) is 5.10 Å². The van der Waals surface area contributed by atoms with Gasteiger partial charge in [0, 0.05) is 66.7 Å². The second kappa shape index (κ2) is 12.8. The standard InChI is InChI=1S/C28H27FN6O2S/c1-35(2)26(36)14-21(18-38-22-8-4-3-5-9-22)33-27-23-13-20(29)10-11-25(23)31-17-24(27)28(37)34-32-16-19-7-6-12-30-15-19/h3-13,15-17,21H,14,18H2,1-2H3,(H,31,33)(H,34,37)/b32-16+/t21-/m1/s1. The van der Waals surface area contributed by atoms with Crippen molar-refractivity contribution in [2.24, 2.45) is 5.10 Å². The molecule has 38 heavy (non-hydrogen) atoms. The fourth-order valence-corrected chi connectivity index (χ4v) is 4.58. The maximum absolute atomic E-state index is 14.3. The molecule has 1 atom stereocenters. The highest BCUT2D eigenvalue weighted by Gasteiger charge is 2.22. The Labute approximate surface area is 224 Å². The zero-order chi connectivity index (χ0) is 26.9. The molecule has 0 aliphatic carbocycles. The number of benzene rings is 2. The topological polar surface area (TPSA) is 99.6 Å². The van der Waals surface area contributed by atoms with Gasteiger partial charge in [0.05, 0.1) is 23.0 Å². The summed E-state index contributed by atoms with van der Waals surface area (Å²) >= 11 is 1.58. The molecule has 4 rings (SSSR count). The van der Waals surface area contributed by atoms with Gasteiger partial charge in [0.25, 0.3) is 5.91 Å². The lowest BCUT2D eigenvalue weighted by molar-refractivity contribution is -0.128. The van der Waals surface area contributed by atoms with Crippen molar-refractivity contribution in [3.63, 3.8) is 0 Å². The highest BCUT2D eigenvalue weighted by molar-refractivity contribution is 7.99. The summed E-state index contributed by atoms with van der Waals surface area (Å²) in [6.45, 7) is 0. The van der Waals surface area contributed by atoms with E-state index in [4.69, 9.17) is 0 Å². The summed E-state index contributed by atoms with van der Waals surface area (Å²) in [6.07, 6.45) is 6.32. The average Bonchev–Trinajstić information content (AvgIpc) is 2.93. The summed E-state index contributed by atoms with van der Waals surface area (Å²) < 4.78 is 14.3. The molecule has 4 aromatic rings. The number of hydrogen-bond donors (Lipinski definition) is 2. The van der Waals surface area contributed by atoms with Crippen molar-refractivity contribution >= 4 is 46.4 Å². The molecule has 0 bridgehead atoms. The van der Waals surface area contributed by atoms with E-state index < -0.39 is 11.7 Å². The molecule has 8 nitrogen and oxygen atoms in total. The number of hydrogen-bond acceptors (Lipinski definition) is 7. The number of hydrazone groups is 1. The number of carbonyl (C=O) groups is 2. The third-order valence-corrected chi connectivity index (χ3v) is 6.78. The molecule has 2 heterocycles. The van der Waals surface area contributed by atoms with Crippen molar-refractivity contribution in [3.05, 3.63) is 96.2 Å². The number of aromatic nitrogens is 2. The smallest absolute Gasteiger partial charge is 0.275 e. The van der Waals surface area contributed by atoms with Crippen LogP contribution < -0.4 is 10.7 Å². The van der Waals surface area contributed by atoms with Crippen molar-refractivity contribution in [1.29, 1.82) is 0 Å². The molecule has 0 fully saturated rings.